The molecule has 0 amide bonds. The molecule has 128 valence electrons. The number of benzene rings is 2. The molecule has 0 fully saturated rings. The van der Waals surface area contributed by atoms with Crippen molar-refractivity contribution in [3.05, 3.63) is 65.7 Å². The van der Waals surface area contributed by atoms with Crippen LogP contribution in [0.3, 0.4) is 0 Å². The molecule has 0 unspecified atom stereocenters. The smallest absolute Gasteiger partial charge is 0.348 e. The van der Waals surface area contributed by atoms with Gasteiger partial charge in [0, 0.05) is 25.5 Å². The molecule has 5 heteroatoms. The topological polar surface area (TPSA) is 62.6 Å². The maximum atomic E-state index is 11.8. The first-order chi connectivity index (χ1) is 12.2. The summed E-state index contributed by atoms with van der Waals surface area (Å²) in [5.74, 6) is -0.648. The lowest BCUT2D eigenvalue weighted by molar-refractivity contribution is -0.139. The van der Waals surface area contributed by atoms with E-state index in [4.69, 9.17) is 14.7 Å². The van der Waals surface area contributed by atoms with E-state index >= 15 is 0 Å². The van der Waals surface area contributed by atoms with E-state index in [9.17, 15) is 4.79 Å². The Balaban J connectivity index is 2.10. The second kappa shape index (κ2) is 9.26. The highest BCUT2D eigenvalue weighted by Crippen LogP contribution is 2.23. The van der Waals surface area contributed by atoms with Gasteiger partial charge in [0.25, 0.3) is 0 Å². The molecule has 0 aliphatic heterocycles. The fraction of sp³-hybridized carbons (Fsp3) is 0.200. The summed E-state index contributed by atoms with van der Waals surface area (Å²) in [6.07, 6.45) is 1.52. The molecule has 2 aromatic rings. The lowest BCUT2D eigenvalue weighted by Gasteiger charge is -2.19. The third kappa shape index (κ3) is 5.20. The molecule has 5 nitrogen and oxygen atoms in total. The van der Waals surface area contributed by atoms with Gasteiger partial charge in [-0.25, -0.2) is 4.79 Å². The van der Waals surface area contributed by atoms with Crippen molar-refractivity contribution in [2.45, 2.75) is 0 Å². The molecule has 0 spiro atoms. The highest BCUT2D eigenvalue weighted by Gasteiger charge is 2.10. The van der Waals surface area contributed by atoms with Crippen LogP contribution in [-0.4, -0.2) is 33.3 Å². The van der Waals surface area contributed by atoms with Gasteiger partial charge in [-0.1, -0.05) is 30.3 Å². The van der Waals surface area contributed by atoms with Crippen LogP contribution < -0.4 is 4.90 Å². The number of carbonyl (C=O) groups excluding carboxylic acids is 1. The molecule has 2 aromatic carbocycles. The van der Waals surface area contributed by atoms with Gasteiger partial charge >= 0.3 is 5.97 Å². The molecule has 0 saturated carbocycles. The van der Waals surface area contributed by atoms with Crippen LogP contribution in [0.5, 0.6) is 0 Å². The van der Waals surface area contributed by atoms with Gasteiger partial charge in [-0.2, -0.15) is 5.26 Å². The summed E-state index contributed by atoms with van der Waals surface area (Å²) in [7, 11) is 3.50. The van der Waals surface area contributed by atoms with Crippen LogP contribution in [0.2, 0.25) is 0 Å². The van der Waals surface area contributed by atoms with Crippen molar-refractivity contribution >= 4 is 23.4 Å². The number of carbonyl (C=O) groups is 1. The van der Waals surface area contributed by atoms with Crippen LogP contribution in [0, 0.1) is 11.3 Å². The first-order valence-corrected chi connectivity index (χ1v) is 7.82. The normalized spacial score (nSPS) is 10.8. The minimum Gasteiger partial charge on any atom is -0.459 e. The number of rotatable bonds is 7. The molecule has 0 saturated heterocycles. The Labute approximate surface area is 147 Å². The Morgan fingerprint density at radius 1 is 1.08 bits per heavy atom. The first kappa shape index (κ1) is 18.2. The van der Waals surface area contributed by atoms with E-state index in [1.165, 1.54) is 13.2 Å². The predicted molar refractivity (Wildman–Crippen MR) is 97.4 cm³/mol. The molecule has 0 atom stereocenters. The van der Waals surface area contributed by atoms with E-state index in [-0.39, 0.29) is 12.2 Å². The third-order valence-corrected chi connectivity index (χ3v) is 3.60. The quantitative estimate of drug-likeness (QED) is 0.335. The van der Waals surface area contributed by atoms with Crippen LogP contribution in [0.25, 0.3) is 6.08 Å². The molecular weight excluding hydrogens is 316 g/mol. The predicted octanol–water partition coefficient (Wildman–Crippen LogP) is 3.55. The minimum absolute atomic E-state index is 0.0414. The van der Waals surface area contributed by atoms with E-state index in [1.807, 2.05) is 67.7 Å². The summed E-state index contributed by atoms with van der Waals surface area (Å²) in [4.78, 5) is 13.9. The number of ether oxygens (including phenoxy) is 2. The average molecular weight is 336 g/mol. The Morgan fingerprint density at radius 3 is 2.32 bits per heavy atom. The van der Waals surface area contributed by atoms with Gasteiger partial charge < -0.3 is 14.4 Å². The van der Waals surface area contributed by atoms with Gasteiger partial charge in [-0.05, 0) is 35.9 Å². The first-order valence-electron chi connectivity index (χ1n) is 7.82. The zero-order valence-electron chi connectivity index (χ0n) is 14.3. The van der Waals surface area contributed by atoms with E-state index in [1.54, 1.807) is 0 Å². The molecule has 0 bridgehead atoms. The van der Waals surface area contributed by atoms with Gasteiger partial charge in [-0.15, -0.1) is 0 Å². The van der Waals surface area contributed by atoms with Crippen LogP contribution in [0.4, 0.5) is 11.4 Å². The lowest BCUT2D eigenvalue weighted by Crippen LogP contribution is -2.11. The fourth-order valence-electron chi connectivity index (χ4n) is 2.19. The monoisotopic (exact) mass is 336 g/mol. The van der Waals surface area contributed by atoms with Crippen molar-refractivity contribution in [1.29, 1.82) is 5.26 Å². The van der Waals surface area contributed by atoms with Crippen LogP contribution in [0.15, 0.2) is 60.2 Å². The van der Waals surface area contributed by atoms with E-state index in [0.717, 1.165) is 16.9 Å². The molecule has 0 aliphatic rings. The van der Waals surface area contributed by atoms with Crippen LogP contribution in [0.1, 0.15) is 5.56 Å². The number of methoxy groups -OCH3 is 1. The van der Waals surface area contributed by atoms with Gasteiger partial charge in [-0.3, -0.25) is 0 Å². The Morgan fingerprint density at radius 2 is 1.72 bits per heavy atom. The second-order valence-electron chi connectivity index (χ2n) is 5.28. The number of hydrogen-bond donors (Lipinski definition) is 0. The summed E-state index contributed by atoms with van der Waals surface area (Å²) in [6, 6.07) is 19.4. The standard InChI is InChI=1S/C20H20N2O3/c1-22(18-6-4-3-5-7-18)19-10-8-16(9-11-19)14-17(15-21)20(23)25-13-12-24-2/h3-11,14H,12-13H2,1-2H3. The van der Waals surface area contributed by atoms with Crippen molar-refractivity contribution < 1.29 is 14.3 Å². The molecule has 0 radical (unpaired) electrons. The molecule has 2 rings (SSSR count). The second-order valence-corrected chi connectivity index (χ2v) is 5.28. The zero-order chi connectivity index (χ0) is 18.1. The maximum absolute atomic E-state index is 11.8. The number of nitriles is 1. The number of para-hydroxylation sites is 1. The molecular formula is C20H20N2O3. The molecule has 0 heterocycles. The summed E-state index contributed by atoms with van der Waals surface area (Å²) in [5, 5.41) is 9.15. The van der Waals surface area contributed by atoms with Gasteiger partial charge in [0.05, 0.1) is 6.61 Å². The zero-order valence-corrected chi connectivity index (χ0v) is 14.3. The minimum atomic E-state index is -0.648. The Bertz CT molecular complexity index is 762. The van der Waals surface area contributed by atoms with Gasteiger partial charge in [0.2, 0.25) is 0 Å². The fourth-order valence-corrected chi connectivity index (χ4v) is 2.19. The van der Waals surface area contributed by atoms with Crippen molar-refractivity contribution in [1.82, 2.24) is 0 Å². The van der Waals surface area contributed by atoms with E-state index in [0.29, 0.717) is 6.61 Å². The van der Waals surface area contributed by atoms with Crippen molar-refractivity contribution in [2.75, 3.05) is 32.3 Å². The van der Waals surface area contributed by atoms with E-state index < -0.39 is 5.97 Å². The number of esters is 1. The Kier molecular flexibility index (Phi) is 6.76. The number of hydrogen-bond acceptors (Lipinski definition) is 5. The molecule has 0 N–H and O–H groups in total. The molecule has 25 heavy (non-hydrogen) atoms. The van der Waals surface area contributed by atoms with Gasteiger partial charge in [0.15, 0.2) is 0 Å². The third-order valence-electron chi connectivity index (χ3n) is 3.60. The SMILES string of the molecule is COCCOC(=O)C(C#N)=Cc1ccc(N(C)c2ccccc2)cc1. The van der Waals surface area contributed by atoms with Crippen molar-refractivity contribution in [3.8, 4) is 6.07 Å². The lowest BCUT2D eigenvalue weighted by atomic mass is 10.1. The van der Waals surface area contributed by atoms with E-state index in [2.05, 4.69) is 4.90 Å². The summed E-state index contributed by atoms with van der Waals surface area (Å²) in [5.41, 5.74) is 2.79. The summed E-state index contributed by atoms with van der Waals surface area (Å²) >= 11 is 0. The molecule has 0 aromatic heterocycles. The number of anilines is 2. The van der Waals surface area contributed by atoms with Crippen LogP contribution in [-0.2, 0) is 14.3 Å². The van der Waals surface area contributed by atoms with Gasteiger partial charge in [0.1, 0.15) is 18.2 Å². The van der Waals surface area contributed by atoms with Crippen molar-refractivity contribution in [3.63, 3.8) is 0 Å². The summed E-state index contributed by atoms with van der Waals surface area (Å²) in [6.45, 7) is 0.417. The highest BCUT2D eigenvalue weighted by molar-refractivity contribution is 5.97. The molecule has 0 aliphatic carbocycles. The maximum Gasteiger partial charge on any atom is 0.348 e. The number of nitrogens with zero attached hydrogens (tertiary/aromatic N) is 2. The summed E-state index contributed by atoms with van der Waals surface area (Å²) < 4.78 is 9.78. The highest BCUT2D eigenvalue weighted by atomic mass is 16.6. The van der Waals surface area contributed by atoms with Crippen molar-refractivity contribution in [2.24, 2.45) is 0 Å². The van der Waals surface area contributed by atoms with Crippen LogP contribution >= 0.6 is 0 Å². The average Bonchev–Trinajstić information content (AvgIpc) is 2.66. The largest absolute Gasteiger partial charge is 0.459 e. The Hall–Kier alpha value is -3.10.